The van der Waals surface area contributed by atoms with E-state index in [1.807, 2.05) is 18.7 Å². The van der Waals surface area contributed by atoms with Gasteiger partial charge in [0, 0.05) is 13.5 Å². The van der Waals surface area contributed by atoms with E-state index in [1.54, 1.807) is 0 Å². The first-order chi connectivity index (χ1) is 9.46. The number of aryl methyl sites for hydroxylation is 2. The Bertz CT molecular complexity index is 488. The Labute approximate surface area is 128 Å². The van der Waals surface area contributed by atoms with Gasteiger partial charge in [0.15, 0.2) is 0 Å². The van der Waals surface area contributed by atoms with E-state index in [9.17, 15) is 9.90 Å². The summed E-state index contributed by atoms with van der Waals surface area (Å²) in [6.45, 7) is 1.94. The lowest BCUT2D eigenvalue weighted by molar-refractivity contribution is -0.150. The van der Waals surface area contributed by atoms with Crippen LogP contribution in [0.2, 0.25) is 0 Å². The predicted molar refractivity (Wildman–Crippen MR) is 81.7 cm³/mol. The molecule has 4 nitrogen and oxygen atoms in total. The van der Waals surface area contributed by atoms with Crippen LogP contribution < -0.4 is 0 Å². The van der Waals surface area contributed by atoms with Crippen molar-refractivity contribution >= 4 is 21.9 Å². The molecule has 0 saturated heterocycles. The van der Waals surface area contributed by atoms with Gasteiger partial charge in [0.2, 0.25) is 0 Å². The largest absolute Gasteiger partial charge is 0.481 e. The molecule has 1 fully saturated rings. The summed E-state index contributed by atoms with van der Waals surface area (Å²) in [5, 5.41) is 14.2. The van der Waals surface area contributed by atoms with Crippen LogP contribution in [-0.2, 0) is 18.3 Å². The Hall–Kier alpha value is -0.840. The molecule has 1 heterocycles. The van der Waals surface area contributed by atoms with Gasteiger partial charge in [-0.25, -0.2) is 0 Å². The highest BCUT2D eigenvalue weighted by Gasteiger charge is 2.39. The summed E-state index contributed by atoms with van der Waals surface area (Å²) in [6.07, 6.45) is 7.70. The molecule has 0 atom stereocenters. The number of aliphatic carboxylic acids is 1. The molecule has 1 saturated carbocycles. The summed E-state index contributed by atoms with van der Waals surface area (Å²) in [6, 6.07) is 0. The number of carboxylic acid groups (broad SMARTS) is 1. The SMILES string of the molecule is Cc1nn(C)c(CC2(C(=O)O)CCCCCCC2)c1Br. The first kappa shape index (κ1) is 15.5. The number of halogens is 1. The maximum Gasteiger partial charge on any atom is 0.310 e. The van der Waals surface area contributed by atoms with Gasteiger partial charge < -0.3 is 5.11 Å². The summed E-state index contributed by atoms with van der Waals surface area (Å²) in [5.74, 6) is -0.648. The van der Waals surface area contributed by atoms with E-state index in [0.29, 0.717) is 6.42 Å². The van der Waals surface area contributed by atoms with Crippen molar-refractivity contribution in [1.29, 1.82) is 0 Å². The number of carboxylic acids is 1. The molecule has 0 aromatic carbocycles. The molecule has 0 amide bonds. The molecule has 0 radical (unpaired) electrons. The number of hydrogen-bond acceptors (Lipinski definition) is 2. The fraction of sp³-hybridized carbons (Fsp3) is 0.733. The van der Waals surface area contributed by atoms with Crippen molar-refractivity contribution in [3.63, 3.8) is 0 Å². The summed E-state index contributed by atoms with van der Waals surface area (Å²) >= 11 is 3.56. The van der Waals surface area contributed by atoms with Gasteiger partial charge in [-0.15, -0.1) is 0 Å². The van der Waals surface area contributed by atoms with Crippen LogP contribution >= 0.6 is 15.9 Å². The van der Waals surface area contributed by atoms with Crippen molar-refractivity contribution in [3.8, 4) is 0 Å². The maximum absolute atomic E-state index is 11.9. The summed E-state index contributed by atoms with van der Waals surface area (Å²) in [5.41, 5.74) is 1.31. The Morgan fingerprint density at radius 3 is 2.30 bits per heavy atom. The standard InChI is InChI=1S/C15H23BrN2O2/c1-11-13(16)12(18(2)17-11)10-15(14(19)20)8-6-4-3-5-7-9-15/h3-10H2,1-2H3,(H,19,20). The van der Waals surface area contributed by atoms with Gasteiger partial charge in [-0.05, 0) is 35.7 Å². The van der Waals surface area contributed by atoms with Crippen LogP contribution in [0.5, 0.6) is 0 Å². The second kappa shape index (κ2) is 6.29. The topological polar surface area (TPSA) is 55.1 Å². The van der Waals surface area contributed by atoms with E-state index < -0.39 is 11.4 Å². The number of nitrogens with zero attached hydrogens (tertiary/aromatic N) is 2. The second-order valence-corrected chi connectivity index (χ2v) is 6.79. The molecule has 1 N–H and O–H groups in total. The summed E-state index contributed by atoms with van der Waals surface area (Å²) in [4.78, 5) is 11.9. The van der Waals surface area contributed by atoms with Crippen LogP contribution in [0, 0.1) is 12.3 Å². The molecular formula is C15H23BrN2O2. The third-order valence-corrected chi connectivity index (χ3v) is 5.56. The first-order valence-corrected chi connectivity index (χ1v) is 8.17. The second-order valence-electron chi connectivity index (χ2n) is 6.00. The molecular weight excluding hydrogens is 320 g/mol. The Morgan fingerprint density at radius 2 is 1.85 bits per heavy atom. The van der Waals surface area contributed by atoms with E-state index in [1.165, 1.54) is 6.42 Å². The van der Waals surface area contributed by atoms with Gasteiger partial charge >= 0.3 is 5.97 Å². The lowest BCUT2D eigenvalue weighted by atomic mass is 9.73. The van der Waals surface area contributed by atoms with Gasteiger partial charge in [0.25, 0.3) is 0 Å². The molecule has 0 unspecified atom stereocenters. The number of carbonyl (C=O) groups is 1. The average molecular weight is 343 g/mol. The van der Waals surface area contributed by atoms with Gasteiger partial charge in [-0.1, -0.05) is 32.1 Å². The quantitative estimate of drug-likeness (QED) is 0.907. The molecule has 20 heavy (non-hydrogen) atoms. The lowest BCUT2D eigenvalue weighted by Gasteiger charge is -2.31. The highest BCUT2D eigenvalue weighted by molar-refractivity contribution is 9.10. The zero-order valence-corrected chi connectivity index (χ0v) is 13.9. The van der Waals surface area contributed by atoms with Gasteiger partial charge in [-0.3, -0.25) is 9.48 Å². The van der Waals surface area contributed by atoms with E-state index in [-0.39, 0.29) is 0 Å². The molecule has 0 spiro atoms. The maximum atomic E-state index is 11.9. The molecule has 112 valence electrons. The summed E-state index contributed by atoms with van der Waals surface area (Å²) in [7, 11) is 1.89. The Balaban J connectivity index is 2.30. The van der Waals surface area contributed by atoms with Gasteiger partial charge in [0.1, 0.15) is 0 Å². The Kier molecular flexibility index (Phi) is 4.89. The molecule has 1 aromatic heterocycles. The third kappa shape index (κ3) is 3.08. The molecule has 1 aliphatic rings. The fourth-order valence-corrected chi connectivity index (χ4v) is 3.72. The van der Waals surface area contributed by atoms with Crippen LogP contribution in [0.1, 0.15) is 56.3 Å². The minimum Gasteiger partial charge on any atom is -0.481 e. The van der Waals surface area contributed by atoms with Crippen molar-refractivity contribution in [2.45, 2.75) is 58.3 Å². The van der Waals surface area contributed by atoms with Crippen LogP contribution in [0.15, 0.2) is 4.47 Å². The fourth-order valence-electron chi connectivity index (χ4n) is 3.24. The molecule has 0 aliphatic heterocycles. The molecule has 5 heteroatoms. The minimum atomic E-state index is -0.648. The highest BCUT2D eigenvalue weighted by Crippen LogP contribution is 2.39. The third-order valence-electron chi connectivity index (χ3n) is 4.53. The normalized spacial score (nSPS) is 19.4. The monoisotopic (exact) mass is 342 g/mol. The van der Waals surface area contributed by atoms with Crippen molar-refractivity contribution in [2.24, 2.45) is 12.5 Å². The van der Waals surface area contributed by atoms with Gasteiger partial charge in [0.05, 0.1) is 21.3 Å². The van der Waals surface area contributed by atoms with Crippen LogP contribution in [0.4, 0.5) is 0 Å². The molecule has 1 aliphatic carbocycles. The van der Waals surface area contributed by atoms with E-state index in [2.05, 4.69) is 21.0 Å². The van der Waals surface area contributed by atoms with Crippen LogP contribution in [-0.4, -0.2) is 20.9 Å². The average Bonchev–Trinajstić information content (AvgIpc) is 2.58. The minimum absolute atomic E-state index is 0.570. The number of rotatable bonds is 3. The first-order valence-electron chi connectivity index (χ1n) is 7.38. The Morgan fingerprint density at radius 1 is 1.30 bits per heavy atom. The van der Waals surface area contributed by atoms with Crippen molar-refractivity contribution in [2.75, 3.05) is 0 Å². The van der Waals surface area contributed by atoms with E-state index >= 15 is 0 Å². The molecule has 1 aromatic rings. The van der Waals surface area contributed by atoms with E-state index in [0.717, 1.165) is 54.4 Å². The van der Waals surface area contributed by atoms with Crippen molar-refractivity contribution in [3.05, 3.63) is 15.9 Å². The van der Waals surface area contributed by atoms with Crippen LogP contribution in [0.25, 0.3) is 0 Å². The number of aromatic nitrogens is 2. The summed E-state index contributed by atoms with van der Waals surface area (Å²) < 4.78 is 2.78. The smallest absolute Gasteiger partial charge is 0.310 e. The molecule has 2 rings (SSSR count). The zero-order valence-electron chi connectivity index (χ0n) is 12.3. The van der Waals surface area contributed by atoms with Crippen molar-refractivity contribution in [1.82, 2.24) is 9.78 Å². The van der Waals surface area contributed by atoms with E-state index in [4.69, 9.17) is 0 Å². The van der Waals surface area contributed by atoms with Crippen LogP contribution in [0.3, 0.4) is 0 Å². The predicted octanol–water partition coefficient (Wildman–Crippen LogP) is 3.85. The number of hydrogen-bond donors (Lipinski definition) is 1. The molecule has 0 bridgehead atoms. The van der Waals surface area contributed by atoms with Crippen molar-refractivity contribution < 1.29 is 9.90 Å². The zero-order chi connectivity index (χ0) is 14.8. The lowest BCUT2D eigenvalue weighted by Crippen LogP contribution is -2.35. The highest BCUT2D eigenvalue weighted by atomic mass is 79.9. The van der Waals surface area contributed by atoms with Gasteiger partial charge in [-0.2, -0.15) is 5.10 Å².